The number of hydrogen-bond acceptors (Lipinski definition) is 3. The van der Waals surface area contributed by atoms with Gasteiger partial charge in [-0.15, -0.1) is 0 Å². The maximum atomic E-state index is 13.2. The van der Waals surface area contributed by atoms with Gasteiger partial charge in [-0.2, -0.15) is 0 Å². The van der Waals surface area contributed by atoms with Gasteiger partial charge in [-0.25, -0.2) is 0 Å². The van der Waals surface area contributed by atoms with Gasteiger partial charge in [-0.1, -0.05) is 30.3 Å². The van der Waals surface area contributed by atoms with E-state index >= 15 is 0 Å². The van der Waals surface area contributed by atoms with Crippen molar-refractivity contribution in [3.8, 4) is 0 Å². The highest BCUT2D eigenvalue weighted by molar-refractivity contribution is 5.88. The fourth-order valence-electron chi connectivity index (χ4n) is 4.68. The Bertz CT molecular complexity index is 606. The summed E-state index contributed by atoms with van der Waals surface area (Å²) in [6.45, 7) is 0.791. The van der Waals surface area contributed by atoms with Crippen LogP contribution in [-0.2, 0) is 14.3 Å². The first-order valence-electron chi connectivity index (χ1n) is 8.77. The molecule has 23 heavy (non-hydrogen) atoms. The molecule has 1 spiro atoms. The first-order chi connectivity index (χ1) is 11.2. The summed E-state index contributed by atoms with van der Waals surface area (Å²) in [5.41, 5.74) is 0.696. The molecule has 0 bridgehead atoms. The van der Waals surface area contributed by atoms with E-state index in [-0.39, 0.29) is 30.3 Å². The molecule has 1 aromatic carbocycles. The molecule has 1 saturated carbocycles. The molecule has 4 nitrogen and oxygen atoms in total. The van der Waals surface area contributed by atoms with Gasteiger partial charge < -0.3 is 9.64 Å². The number of carbonyl (C=O) groups excluding carboxylic acids is 2. The number of amides is 1. The Morgan fingerprint density at radius 3 is 2.61 bits per heavy atom. The van der Waals surface area contributed by atoms with Gasteiger partial charge in [0.1, 0.15) is 5.60 Å². The van der Waals surface area contributed by atoms with Crippen molar-refractivity contribution in [1.29, 1.82) is 0 Å². The van der Waals surface area contributed by atoms with E-state index in [0.29, 0.717) is 0 Å². The monoisotopic (exact) mass is 313 g/mol. The van der Waals surface area contributed by atoms with Crippen LogP contribution in [0.5, 0.6) is 0 Å². The Morgan fingerprint density at radius 2 is 1.87 bits per heavy atom. The van der Waals surface area contributed by atoms with Gasteiger partial charge in [-0.3, -0.25) is 9.59 Å². The van der Waals surface area contributed by atoms with Crippen LogP contribution >= 0.6 is 0 Å². The fourth-order valence-corrected chi connectivity index (χ4v) is 4.68. The van der Waals surface area contributed by atoms with Crippen molar-refractivity contribution in [2.24, 2.45) is 5.92 Å². The molecular formula is C19H23NO3. The largest absolute Gasteiger partial charge is 0.458 e. The van der Waals surface area contributed by atoms with E-state index in [9.17, 15) is 9.59 Å². The predicted octanol–water partition coefficient (Wildman–Crippen LogP) is 3.23. The third-order valence-corrected chi connectivity index (χ3v) is 5.79. The summed E-state index contributed by atoms with van der Waals surface area (Å²) in [6, 6.07) is 10.4. The molecule has 0 aromatic heterocycles. The van der Waals surface area contributed by atoms with E-state index in [4.69, 9.17) is 4.74 Å². The summed E-state index contributed by atoms with van der Waals surface area (Å²) in [7, 11) is 0. The molecule has 2 heterocycles. The van der Waals surface area contributed by atoms with E-state index in [2.05, 4.69) is 12.1 Å². The molecule has 1 aromatic rings. The molecule has 2 aliphatic heterocycles. The minimum atomic E-state index is -0.502. The molecule has 1 amide bonds. The molecule has 4 rings (SSSR count). The topological polar surface area (TPSA) is 46.6 Å². The second-order valence-electron chi connectivity index (χ2n) is 7.10. The summed E-state index contributed by atoms with van der Waals surface area (Å²) in [5.74, 6) is -0.341. The van der Waals surface area contributed by atoms with Gasteiger partial charge in [0.2, 0.25) is 5.91 Å². The lowest BCUT2D eigenvalue weighted by molar-refractivity contribution is -0.152. The average Bonchev–Trinajstić information content (AvgIpc) is 3.29. The molecule has 0 unspecified atom stereocenters. The third kappa shape index (κ3) is 2.44. The summed E-state index contributed by atoms with van der Waals surface area (Å²) >= 11 is 0. The molecule has 0 N–H and O–H groups in total. The summed E-state index contributed by atoms with van der Waals surface area (Å²) in [5, 5.41) is 0. The molecule has 122 valence electrons. The molecule has 0 radical (unpaired) electrons. The zero-order chi connectivity index (χ0) is 15.9. The van der Waals surface area contributed by atoms with Crippen molar-refractivity contribution < 1.29 is 14.3 Å². The maximum absolute atomic E-state index is 13.2. The first kappa shape index (κ1) is 14.7. The predicted molar refractivity (Wildman–Crippen MR) is 85.5 cm³/mol. The standard InChI is InChI=1S/C19H23NO3/c21-17-13-15(19(23-17)10-4-5-11-19)18(22)20-12-6-9-16(20)14-7-2-1-3-8-14/h1-3,7-8,15-16H,4-6,9-13H2/t15-,16-/m1/s1. The van der Waals surface area contributed by atoms with E-state index in [1.165, 1.54) is 5.56 Å². The Morgan fingerprint density at radius 1 is 1.13 bits per heavy atom. The van der Waals surface area contributed by atoms with Crippen molar-refractivity contribution in [1.82, 2.24) is 4.90 Å². The van der Waals surface area contributed by atoms with Crippen LogP contribution in [0.3, 0.4) is 0 Å². The Kier molecular flexibility index (Phi) is 3.63. The smallest absolute Gasteiger partial charge is 0.307 e. The Hall–Kier alpha value is -1.84. The molecule has 1 aliphatic carbocycles. The van der Waals surface area contributed by atoms with Crippen LogP contribution in [0, 0.1) is 5.92 Å². The van der Waals surface area contributed by atoms with E-state index < -0.39 is 5.60 Å². The average molecular weight is 313 g/mol. The minimum Gasteiger partial charge on any atom is -0.458 e. The minimum absolute atomic E-state index is 0.129. The van der Waals surface area contributed by atoms with Crippen molar-refractivity contribution in [2.75, 3.05) is 6.54 Å². The number of rotatable bonds is 2. The molecule has 3 fully saturated rings. The highest BCUT2D eigenvalue weighted by atomic mass is 16.6. The van der Waals surface area contributed by atoms with Crippen LogP contribution in [0.4, 0.5) is 0 Å². The highest BCUT2D eigenvalue weighted by Gasteiger charge is 2.55. The number of esters is 1. The zero-order valence-electron chi connectivity index (χ0n) is 13.4. The molecule has 2 atom stereocenters. The van der Waals surface area contributed by atoms with Gasteiger partial charge in [0, 0.05) is 6.54 Å². The fraction of sp³-hybridized carbons (Fsp3) is 0.579. The van der Waals surface area contributed by atoms with Crippen LogP contribution in [0.15, 0.2) is 30.3 Å². The van der Waals surface area contributed by atoms with Gasteiger partial charge >= 0.3 is 5.97 Å². The van der Waals surface area contributed by atoms with E-state index in [1.807, 2.05) is 23.1 Å². The zero-order valence-corrected chi connectivity index (χ0v) is 13.4. The second kappa shape index (κ2) is 5.66. The summed E-state index contributed by atoms with van der Waals surface area (Å²) in [6.07, 6.45) is 6.09. The lowest BCUT2D eigenvalue weighted by Crippen LogP contribution is -2.44. The SMILES string of the molecule is O=C1C[C@H](C(=O)N2CCC[C@@H]2c2ccccc2)C2(CCCC2)O1. The second-order valence-corrected chi connectivity index (χ2v) is 7.10. The number of ether oxygens (including phenoxy) is 1. The summed E-state index contributed by atoms with van der Waals surface area (Å²) in [4.78, 5) is 27.1. The number of nitrogens with zero attached hydrogens (tertiary/aromatic N) is 1. The summed E-state index contributed by atoms with van der Waals surface area (Å²) < 4.78 is 5.66. The van der Waals surface area contributed by atoms with Crippen LogP contribution in [0.1, 0.15) is 56.6 Å². The third-order valence-electron chi connectivity index (χ3n) is 5.79. The number of likely N-dealkylation sites (tertiary alicyclic amines) is 1. The van der Waals surface area contributed by atoms with Crippen molar-refractivity contribution in [2.45, 2.75) is 56.6 Å². The van der Waals surface area contributed by atoms with Gasteiger partial charge in [0.25, 0.3) is 0 Å². The lowest BCUT2D eigenvalue weighted by atomic mass is 9.84. The number of hydrogen-bond donors (Lipinski definition) is 0. The lowest BCUT2D eigenvalue weighted by Gasteiger charge is -2.33. The number of carbonyl (C=O) groups is 2. The van der Waals surface area contributed by atoms with Crippen molar-refractivity contribution >= 4 is 11.9 Å². The molecule has 3 aliphatic rings. The number of benzene rings is 1. The van der Waals surface area contributed by atoms with Gasteiger partial charge in [0.05, 0.1) is 18.4 Å². The van der Waals surface area contributed by atoms with Gasteiger partial charge in [0.15, 0.2) is 0 Å². The van der Waals surface area contributed by atoms with Crippen LogP contribution in [0.2, 0.25) is 0 Å². The van der Waals surface area contributed by atoms with Gasteiger partial charge in [-0.05, 0) is 44.1 Å². The van der Waals surface area contributed by atoms with Crippen LogP contribution in [0.25, 0.3) is 0 Å². The Balaban J connectivity index is 1.59. The van der Waals surface area contributed by atoms with E-state index in [0.717, 1.165) is 45.1 Å². The van der Waals surface area contributed by atoms with Crippen molar-refractivity contribution in [3.63, 3.8) is 0 Å². The quantitative estimate of drug-likeness (QED) is 0.788. The highest BCUT2D eigenvalue weighted by Crippen LogP contribution is 2.47. The molecular weight excluding hydrogens is 290 g/mol. The molecule has 4 heteroatoms. The normalized spacial score (nSPS) is 29.2. The Labute approximate surface area is 136 Å². The van der Waals surface area contributed by atoms with E-state index in [1.54, 1.807) is 0 Å². The van der Waals surface area contributed by atoms with Crippen molar-refractivity contribution in [3.05, 3.63) is 35.9 Å². The maximum Gasteiger partial charge on any atom is 0.307 e. The van der Waals surface area contributed by atoms with Crippen LogP contribution < -0.4 is 0 Å². The molecule has 2 saturated heterocycles. The first-order valence-corrected chi connectivity index (χ1v) is 8.77. The van der Waals surface area contributed by atoms with Crippen LogP contribution in [-0.4, -0.2) is 28.9 Å².